The highest BCUT2D eigenvalue weighted by Gasteiger charge is 2.28. The molecule has 0 aliphatic carbocycles. The van der Waals surface area contributed by atoms with Crippen LogP contribution in [-0.2, 0) is 27.1 Å². The number of halogens is 5. The van der Waals surface area contributed by atoms with Crippen molar-refractivity contribution in [3.05, 3.63) is 117 Å². The molecule has 12 nitrogen and oxygen atoms in total. The first-order valence-electron chi connectivity index (χ1n) is 14.4. The molecule has 6 rings (SSSR count). The van der Waals surface area contributed by atoms with Crippen LogP contribution in [0.5, 0.6) is 0 Å². The van der Waals surface area contributed by atoms with E-state index in [2.05, 4.69) is 25.2 Å². The molecule has 0 fully saturated rings. The van der Waals surface area contributed by atoms with Crippen LogP contribution in [0.4, 0.5) is 22.7 Å². The van der Waals surface area contributed by atoms with Crippen LogP contribution < -0.4 is 20.1 Å². The molecular weight excluding hydrogens is 890 g/mol. The van der Waals surface area contributed by atoms with E-state index in [9.17, 15) is 26.4 Å². The predicted molar refractivity (Wildman–Crippen MR) is 216 cm³/mol. The maximum absolute atomic E-state index is 12.7. The number of sulfonamides is 2. The van der Waals surface area contributed by atoms with Crippen LogP contribution in [0.25, 0.3) is 0 Å². The Morgan fingerprint density at radius 1 is 0.717 bits per heavy atom. The number of thiophene rings is 3. The second-order valence-corrected chi connectivity index (χ2v) is 19.1. The highest BCUT2D eigenvalue weighted by Crippen LogP contribution is 2.36. The summed E-state index contributed by atoms with van der Waals surface area (Å²) in [6.07, 6.45) is 0. The number of benzene rings is 2. The van der Waals surface area contributed by atoms with Gasteiger partial charge in [-0.15, -0.1) is 34.0 Å². The Hall–Kier alpha value is -3.36. The van der Waals surface area contributed by atoms with Crippen molar-refractivity contribution in [2.75, 3.05) is 20.1 Å². The molecule has 4 heterocycles. The predicted octanol–water partition coefficient (Wildman–Crippen LogP) is 9.97. The molecule has 4 aromatic heterocycles. The van der Waals surface area contributed by atoms with Crippen LogP contribution in [0.3, 0.4) is 0 Å². The van der Waals surface area contributed by atoms with E-state index in [1.807, 2.05) is 0 Å². The number of rotatable bonds is 10. The minimum atomic E-state index is -4.02. The number of carbonyl (C=O) groups is 2. The zero-order valence-electron chi connectivity index (χ0n) is 26.8. The lowest BCUT2D eigenvalue weighted by atomic mass is 10.3. The summed E-state index contributed by atoms with van der Waals surface area (Å²) in [5, 5.41) is 13.5. The van der Waals surface area contributed by atoms with Crippen molar-refractivity contribution >= 4 is 147 Å². The lowest BCUT2D eigenvalue weighted by molar-refractivity contribution is 0.102. The fraction of sp³-hybridized carbons (Fsp3) is 0.0645. The van der Waals surface area contributed by atoms with E-state index in [0.29, 0.717) is 21.4 Å². The van der Waals surface area contributed by atoms with Gasteiger partial charge in [0.05, 0.1) is 21.4 Å². The molecule has 2 aromatic carbocycles. The van der Waals surface area contributed by atoms with Gasteiger partial charge in [0, 0.05) is 28.5 Å². The Morgan fingerprint density at radius 3 is 1.62 bits per heavy atom. The second kappa shape index (κ2) is 17.0. The molecule has 2 amide bonds. The van der Waals surface area contributed by atoms with Crippen molar-refractivity contribution in [2.24, 2.45) is 7.05 Å². The van der Waals surface area contributed by atoms with Crippen LogP contribution in [0.1, 0.15) is 25.0 Å². The van der Waals surface area contributed by atoms with E-state index in [1.54, 1.807) is 73.3 Å². The van der Waals surface area contributed by atoms with E-state index in [-0.39, 0.29) is 50.4 Å². The largest absolute Gasteiger partial charge is 0.321 e. The van der Waals surface area contributed by atoms with Gasteiger partial charge >= 0.3 is 0 Å². The van der Waals surface area contributed by atoms with Crippen LogP contribution in [0, 0.1) is 6.92 Å². The van der Waals surface area contributed by atoms with Crippen molar-refractivity contribution in [1.82, 2.24) is 9.78 Å². The Labute approximate surface area is 340 Å². The molecule has 0 saturated heterocycles. The first-order chi connectivity index (χ1) is 24.9. The van der Waals surface area contributed by atoms with E-state index in [0.717, 1.165) is 34.0 Å². The summed E-state index contributed by atoms with van der Waals surface area (Å²) in [4.78, 5) is 25.2. The van der Waals surface area contributed by atoms with Gasteiger partial charge in [0.15, 0.2) is 0 Å². The molecule has 22 heteroatoms. The summed E-state index contributed by atoms with van der Waals surface area (Å²) in [5.41, 5.74) is 1.56. The smallest absolute Gasteiger partial charge is 0.267 e. The Kier molecular flexibility index (Phi) is 13.1. The molecule has 278 valence electrons. The van der Waals surface area contributed by atoms with Gasteiger partial charge < -0.3 is 10.6 Å². The van der Waals surface area contributed by atoms with Crippen molar-refractivity contribution in [2.45, 2.75) is 16.7 Å². The molecule has 0 radical (unpaired) electrons. The van der Waals surface area contributed by atoms with Crippen molar-refractivity contribution in [3.63, 3.8) is 0 Å². The number of hydrogen-bond acceptors (Lipinski definition) is 10. The fourth-order valence-electron chi connectivity index (χ4n) is 4.46. The monoisotopic (exact) mass is 910 g/mol. The lowest BCUT2D eigenvalue weighted by Crippen LogP contribution is -2.17. The molecular formula is C31H23Cl5N6O6S5. The normalized spacial score (nSPS) is 11.4. The summed E-state index contributed by atoms with van der Waals surface area (Å²) in [7, 11) is -6.45. The average molecular weight is 913 g/mol. The third-order valence-electron chi connectivity index (χ3n) is 6.68. The number of aryl methyl sites for hydroxylation is 2. The third-order valence-corrected chi connectivity index (χ3v) is 14.2. The average Bonchev–Trinajstić information content (AvgIpc) is 3.85. The van der Waals surface area contributed by atoms with Gasteiger partial charge in [0.2, 0.25) is 0 Å². The maximum atomic E-state index is 12.7. The number of hydrogen-bond donors (Lipinski definition) is 4. The Bertz CT molecular complexity index is 2550. The summed E-state index contributed by atoms with van der Waals surface area (Å²) in [6.45, 7) is 1.54. The zero-order valence-corrected chi connectivity index (χ0v) is 34.6. The molecule has 0 aliphatic rings. The SMILES string of the molecule is Cc1nn(C)c(Cl)c1S(=O)(=O)Nc1ccsc1C(=O)Nc1cccc(Cl)c1.O=C(Nc1cccc(Cl)c1)c1sccc1NS(=O)(=O)c1cc(Cl)sc1Cl. The minimum Gasteiger partial charge on any atom is -0.321 e. The summed E-state index contributed by atoms with van der Waals surface area (Å²) in [5.74, 6) is -0.923. The lowest BCUT2D eigenvalue weighted by Gasteiger charge is -2.09. The molecule has 0 bridgehead atoms. The number of nitrogens with one attached hydrogen (secondary N) is 4. The van der Waals surface area contributed by atoms with Crippen molar-refractivity contribution in [1.29, 1.82) is 0 Å². The van der Waals surface area contributed by atoms with Crippen molar-refractivity contribution in [3.8, 4) is 0 Å². The van der Waals surface area contributed by atoms with E-state index in [4.69, 9.17) is 58.0 Å². The topological polar surface area (TPSA) is 168 Å². The molecule has 0 saturated carbocycles. The molecule has 4 N–H and O–H groups in total. The van der Waals surface area contributed by atoms with Crippen LogP contribution in [-0.4, -0.2) is 38.4 Å². The van der Waals surface area contributed by atoms with Gasteiger partial charge in [0.25, 0.3) is 31.9 Å². The first-order valence-corrected chi connectivity index (χ1v) is 21.9. The third kappa shape index (κ3) is 10.0. The summed E-state index contributed by atoms with van der Waals surface area (Å²) < 4.78 is 56.9. The highest BCUT2D eigenvalue weighted by atomic mass is 35.5. The Balaban J connectivity index is 0.000000204. The number of anilines is 4. The molecule has 6 aromatic rings. The van der Waals surface area contributed by atoms with Gasteiger partial charge in [-0.3, -0.25) is 23.7 Å². The second-order valence-electron chi connectivity index (χ2n) is 10.5. The molecule has 53 heavy (non-hydrogen) atoms. The first kappa shape index (κ1) is 40.8. The summed E-state index contributed by atoms with van der Waals surface area (Å²) >= 11 is 32.7. The van der Waals surface area contributed by atoms with Crippen LogP contribution >= 0.6 is 92.0 Å². The van der Waals surface area contributed by atoms with Crippen LogP contribution in [0.2, 0.25) is 23.9 Å². The fourth-order valence-corrected chi connectivity index (χ4v) is 11.5. The highest BCUT2D eigenvalue weighted by molar-refractivity contribution is 7.93. The molecule has 0 atom stereocenters. The Morgan fingerprint density at radius 2 is 1.21 bits per heavy atom. The standard InChI is InChI=1S/C16H14Cl2N4O3S2.C15H9Cl3N2O3S3/c1-9-14(15(18)22(2)20-9)27(24,25)21-12-6-7-26-13(12)16(23)19-11-5-3-4-10(17)8-11;16-8-2-1-3-9(6-8)19-15(21)13-10(4-5-24-13)20-26(22,23)11-7-12(17)25-14(11)18/h3-8,21H,1-2H3,(H,19,23);1-7,20H,(H,19,21). The number of amides is 2. The van der Waals surface area contributed by atoms with Gasteiger partial charge in [0.1, 0.15) is 29.0 Å². The number of carbonyl (C=O) groups excluding carboxylic acids is 2. The maximum Gasteiger partial charge on any atom is 0.267 e. The van der Waals surface area contributed by atoms with Crippen molar-refractivity contribution < 1.29 is 26.4 Å². The molecule has 0 unspecified atom stereocenters. The quantitative estimate of drug-likeness (QED) is 0.106. The minimum absolute atomic E-state index is 0.0137. The van der Waals surface area contributed by atoms with Crippen LogP contribution in [0.15, 0.2) is 87.3 Å². The molecule has 0 aliphatic heterocycles. The number of nitrogens with zero attached hydrogens (tertiary/aromatic N) is 2. The van der Waals surface area contributed by atoms with E-state index >= 15 is 0 Å². The molecule has 0 spiro atoms. The van der Waals surface area contributed by atoms with E-state index < -0.39 is 31.9 Å². The zero-order chi connectivity index (χ0) is 38.7. The summed E-state index contributed by atoms with van der Waals surface area (Å²) in [6, 6.07) is 17.6. The number of aromatic nitrogens is 2. The van der Waals surface area contributed by atoms with Gasteiger partial charge in [-0.05, 0) is 72.3 Å². The van der Waals surface area contributed by atoms with Gasteiger partial charge in [-0.1, -0.05) is 70.1 Å². The van der Waals surface area contributed by atoms with E-state index in [1.165, 1.54) is 22.9 Å². The van der Waals surface area contributed by atoms with Gasteiger partial charge in [-0.25, -0.2) is 16.8 Å². The van der Waals surface area contributed by atoms with Gasteiger partial charge in [-0.2, -0.15) is 5.10 Å².